The molecule has 0 aliphatic carbocycles. The second kappa shape index (κ2) is 5.30. The summed E-state index contributed by atoms with van der Waals surface area (Å²) in [5, 5.41) is 2.54. The molecule has 0 atom stereocenters. The van der Waals surface area contributed by atoms with Gasteiger partial charge in [-0.1, -0.05) is 26.8 Å². The summed E-state index contributed by atoms with van der Waals surface area (Å²) < 4.78 is 12.8. The van der Waals surface area contributed by atoms with Gasteiger partial charge in [0, 0.05) is 4.75 Å². The smallest absolute Gasteiger partial charge is 0.235 e. The molecule has 0 fully saturated rings. The lowest BCUT2D eigenvalue weighted by atomic mass is 10.3. The maximum Gasteiger partial charge on any atom is 0.235 e. The molecule has 1 rings (SSSR count). The third-order valence-electron chi connectivity index (χ3n) is 1.62. The van der Waals surface area contributed by atoms with E-state index in [2.05, 4.69) is 10.3 Å². The molecule has 16 heavy (non-hydrogen) atoms. The van der Waals surface area contributed by atoms with Crippen LogP contribution in [0.5, 0.6) is 0 Å². The number of hydrogen-bond acceptors (Lipinski definition) is 3. The summed E-state index contributed by atoms with van der Waals surface area (Å²) in [6.45, 7) is 6.10. The van der Waals surface area contributed by atoms with Crippen molar-refractivity contribution in [3.8, 4) is 0 Å². The third-order valence-corrected chi connectivity index (χ3v) is 2.89. The highest BCUT2D eigenvalue weighted by molar-refractivity contribution is 8.01. The average Bonchev–Trinajstić information content (AvgIpc) is 2.14. The number of nitrogens with zero attached hydrogens (tertiary/aromatic N) is 1. The van der Waals surface area contributed by atoms with Gasteiger partial charge in [0.05, 0.1) is 5.75 Å². The molecule has 88 valence electrons. The monoisotopic (exact) mass is 242 g/mol. The number of anilines is 1. The number of thioether (sulfide) groups is 1. The molecule has 0 unspecified atom stereocenters. The third kappa shape index (κ3) is 5.11. The Kier molecular flexibility index (Phi) is 4.29. The number of hydrogen-bond donors (Lipinski definition) is 1. The van der Waals surface area contributed by atoms with E-state index in [1.165, 1.54) is 23.9 Å². The minimum atomic E-state index is -0.596. The van der Waals surface area contributed by atoms with Gasteiger partial charge in [-0.3, -0.25) is 4.79 Å². The molecule has 0 spiro atoms. The van der Waals surface area contributed by atoms with Gasteiger partial charge < -0.3 is 5.32 Å². The van der Waals surface area contributed by atoms with Gasteiger partial charge in [0.2, 0.25) is 11.9 Å². The molecule has 1 aromatic heterocycles. The van der Waals surface area contributed by atoms with Gasteiger partial charge in [-0.05, 0) is 12.1 Å². The number of aromatic nitrogens is 1. The van der Waals surface area contributed by atoms with Crippen LogP contribution in [-0.4, -0.2) is 21.4 Å². The maximum atomic E-state index is 12.7. The predicted molar refractivity (Wildman–Crippen MR) is 65.0 cm³/mol. The van der Waals surface area contributed by atoms with E-state index in [0.29, 0.717) is 5.75 Å². The normalized spacial score (nSPS) is 11.2. The Bertz CT molecular complexity index is 376. The van der Waals surface area contributed by atoms with Crippen LogP contribution in [0.4, 0.5) is 10.2 Å². The Morgan fingerprint density at radius 1 is 1.50 bits per heavy atom. The van der Waals surface area contributed by atoms with Gasteiger partial charge in [0.1, 0.15) is 5.82 Å². The largest absolute Gasteiger partial charge is 0.310 e. The molecule has 0 aromatic carbocycles. The predicted octanol–water partition coefficient (Wildman–Crippen LogP) is 2.69. The first-order valence-corrected chi connectivity index (χ1v) is 5.92. The Labute approximate surface area is 98.8 Å². The number of halogens is 1. The molecule has 0 aliphatic heterocycles. The standard InChI is InChI=1S/C11H15FN2OS/c1-11(2,3)16-7-10(15)14-9-6-4-5-8(12)13-9/h4-6H,7H2,1-3H3,(H,13,14,15). The van der Waals surface area contributed by atoms with Crippen LogP contribution in [-0.2, 0) is 4.79 Å². The van der Waals surface area contributed by atoms with Crippen molar-refractivity contribution in [1.82, 2.24) is 4.98 Å². The van der Waals surface area contributed by atoms with Crippen LogP contribution in [0.3, 0.4) is 0 Å². The maximum absolute atomic E-state index is 12.7. The SMILES string of the molecule is CC(C)(C)SCC(=O)Nc1cccc(F)n1. The first-order chi connectivity index (χ1) is 7.37. The summed E-state index contributed by atoms with van der Waals surface area (Å²) in [5.41, 5.74) is 0. The lowest BCUT2D eigenvalue weighted by Crippen LogP contribution is -2.19. The molecule has 0 saturated heterocycles. The minimum absolute atomic E-state index is 0.0344. The van der Waals surface area contributed by atoms with Crippen LogP contribution < -0.4 is 5.32 Å². The van der Waals surface area contributed by atoms with Gasteiger partial charge in [0.15, 0.2) is 0 Å². The van der Waals surface area contributed by atoms with Crippen molar-refractivity contribution in [1.29, 1.82) is 0 Å². The van der Waals surface area contributed by atoms with Gasteiger partial charge >= 0.3 is 0 Å². The fourth-order valence-corrected chi connectivity index (χ4v) is 1.58. The minimum Gasteiger partial charge on any atom is -0.310 e. The number of rotatable bonds is 3. The molecule has 0 saturated carbocycles. The first kappa shape index (κ1) is 13.0. The molecule has 5 heteroatoms. The zero-order valence-electron chi connectivity index (χ0n) is 9.58. The van der Waals surface area contributed by atoms with Gasteiger partial charge in [-0.2, -0.15) is 4.39 Å². The van der Waals surface area contributed by atoms with Gasteiger partial charge in [-0.25, -0.2) is 4.98 Å². The van der Waals surface area contributed by atoms with E-state index >= 15 is 0 Å². The molecule has 1 N–H and O–H groups in total. The Balaban J connectivity index is 2.46. The molecule has 3 nitrogen and oxygen atoms in total. The second-order valence-electron chi connectivity index (χ2n) is 4.29. The Morgan fingerprint density at radius 2 is 2.19 bits per heavy atom. The molecule has 0 radical (unpaired) electrons. The van der Waals surface area contributed by atoms with E-state index < -0.39 is 5.95 Å². The second-order valence-corrected chi connectivity index (χ2v) is 6.10. The van der Waals surface area contributed by atoms with Crippen LogP contribution in [0, 0.1) is 5.95 Å². The van der Waals surface area contributed by atoms with E-state index in [1.54, 1.807) is 6.07 Å². The van der Waals surface area contributed by atoms with Crippen molar-refractivity contribution in [2.75, 3.05) is 11.1 Å². The summed E-state index contributed by atoms with van der Waals surface area (Å²) in [7, 11) is 0. The first-order valence-electron chi connectivity index (χ1n) is 4.93. The summed E-state index contributed by atoms with van der Waals surface area (Å²) >= 11 is 1.53. The van der Waals surface area contributed by atoms with Crippen LogP contribution in [0.1, 0.15) is 20.8 Å². The molecular formula is C11H15FN2OS. The number of carbonyl (C=O) groups is 1. The Morgan fingerprint density at radius 3 is 2.75 bits per heavy atom. The number of nitrogens with one attached hydrogen (secondary N) is 1. The highest BCUT2D eigenvalue weighted by Gasteiger charge is 2.13. The van der Waals surface area contributed by atoms with Crippen LogP contribution in [0.2, 0.25) is 0 Å². The molecular weight excluding hydrogens is 227 g/mol. The summed E-state index contributed by atoms with van der Waals surface area (Å²) in [4.78, 5) is 15.0. The zero-order chi connectivity index (χ0) is 12.2. The molecule has 0 aliphatic rings. The van der Waals surface area contributed by atoms with Crippen LogP contribution in [0.25, 0.3) is 0 Å². The lowest BCUT2D eigenvalue weighted by Gasteiger charge is -2.16. The summed E-state index contributed by atoms with van der Waals surface area (Å²) in [5.74, 6) is -0.180. The number of amides is 1. The molecule has 1 aromatic rings. The molecule has 1 heterocycles. The van der Waals surface area contributed by atoms with Gasteiger partial charge in [-0.15, -0.1) is 11.8 Å². The van der Waals surface area contributed by atoms with Crippen molar-refractivity contribution in [3.63, 3.8) is 0 Å². The fourth-order valence-electron chi connectivity index (χ4n) is 0.939. The van der Waals surface area contributed by atoms with Crippen molar-refractivity contribution in [2.24, 2.45) is 0 Å². The summed E-state index contributed by atoms with van der Waals surface area (Å²) in [6, 6.07) is 4.30. The van der Waals surface area contributed by atoms with Gasteiger partial charge in [0.25, 0.3) is 0 Å². The number of pyridine rings is 1. The van der Waals surface area contributed by atoms with Crippen LogP contribution >= 0.6 is 11.8 Å². The highest BCUT2D eigenvalue weighted by atomic mass is 32.2. The van der Waals surface area contributed by atoms with Crippen LogP contribution in [0.15, 0.2) is 18.2 Å². The van der Waals surface area contributed by atoms with E-state index in [-0.39, 0.29) is 16.5 Å². The van der Waals surface area contributed by atoms with E-state index in [4.69, 9.17) is 0 Å². The van der Waals surface area contributed by atoms with Crippen molar-refractivity contribution >= 4 is 23.5 Å². The average molecular weight is 242 g/mol. The number of carbonyl (C=O) groups excluding carboxylic acids is 1. The quantitative estimate of drug-likeness (QED) is 0.829. The molecule has 0 bridgehead atoms. The van der Waals surface area contributed by atoms with E-state index in [0.717, 1.165) is 0 Å². The van der Waals surface area contributed by atoms with E-state index in [1.807, 2.05) is 20.8 Å². The molecule has 1 amide bonds. The topological polar surface area (TPSA) is 42.0 Å². The zero-order valence-corrected chi connectivity index (χ0v) is 10.4. The lowest BCUT2D eigenvalue weighted by molar-refractivity contribution is -0.113. The fraction of sp³-hybridized carbons (Fsp3) is 0.455. The summed E-state index contributed by atoms with van der Waals surface area (Å²) in [6.07, 6.45) is 0. The van der Waals surface area contributed by atoms with Crippen molar-refractivity contribution in [2.45, 2.75) is 25.5 Å². The Hall–Kier alpha value is -1.10. The highest BCUT2D eigenvalue weighted by Crippen LogP contribution is 2.22. The van der Waals surface area contributed by atoms with E-state index in [9.17, 15) is 9.18 Å². The van der Waals surface area contributed by atoms with Crippen molar-refractivity contribution in [3.05, 3.63) is 24.1 Å². The van der Waals surface area contributed by atoms with Crippen molar-refractivity contribution < 1.29 is 9.18 Å².